The highest BCUT2D eigenvalue weighted by molar-refractivity contribution is 6.42. The number of amides is 2. The molecule has 0 saturated heterocycles. The number of aromatic nitrogens is 2. The summed E-state index contributed by atoms with van der Waals surface area (Å²) in [6.07, 6.45) is 0.634. The summed E-state index contributed by atoms with van der Waals surface area (Å²) in [5.41, 5.74) is 2.81. The van der Waals surface area contributed by atoms with Gasteiger partial charge >= 0.3 is 6.03 Å². The van der Waals surface area contributed by atoms with Crippen LogP contribution < -0.4 is 10.6 Å². The zero-order valence-electron chi connectivity index (χ0n) is 12.8. The molecule has 3 N–H and O–H groups in total. The fourth-order valence-electron chi connectivity index (χ4n) is 2.31. The first-order valence-corrected chi connectivity index (χ1v) is 8.26. The highest BCUT2D eigenvalue weighted by Crippen LogP contribution is 2.22. The molecule has 1 heterocycles. The van der Waals surface area contributed by atoms with Crippen LogP contribution in [0.25, 0.3) is 11.0 Å². The van der Waals surface area contributed by atoms with Crippen molar-refractivity contribution in [2.24, 2.45) is 0 Å². The Morgan fingerprint density at radius 1 is 1.08 bits per heavy atom. The number of imidazole rings is 1. The number of para-hydroxylation sites is 2. The molecular formula is C17H16Cl2N4O. The summed E-state index contributed by atoms with van der Waals surface area (Å²) in [4.78, 5) is 19.5. The number of carbonyl (C=O) groups excluding carboxylic acids is 1. The maximum Gasteiger partial charge on any atom is 0.315 e. The van der Waals surface area contributed by atoms with Crippen molar-refractivity contribution in [3.63, 3.8) is 0 Å². The van der Waals surface area contributed by atoms with E-state index in [1.165, 1.54) is 0 Å². The van der Waals surface area contributed by atoms with Gasteiger partial charge in [0.05, 0.1) is 21.1 Å². The van der Waals surface area contributed by atoms with E-state index in [1.54, 1.807) is 12.1 Å². The van der Waals surface area contributed by atoms with Gasteiger partial charge in [-0.2, -0.15) is 0 Å². The summed E-state index contributed by atoms with van der Waals surface area (Å²) in [7, 11) is 0. The predicted octanol–water partition coefficient (Wildman–Crippen LogP) is 3.91. The first-order chi connectivity index (χ1) is 11.6. The lowest BCUT2D eigenvalue weighted by Crippen LogP contribution is -2.36. The van der Waals surface area contributed by atoms with Crippen molar-refractivity contribution in [2.75, 3.05) is 6.54 Å². The van der Waals surface area contributed by atoms with Crippen molar-refractivity contribution in [1.29, 1.82) is 0 Å². The number of aromatic amines is 1. The number of nitrogens with one attached hydrogen (secondary N) is 3. The molecular weight excluding hydrogens is 347 g/mol. The average Bonchev–Trinajstić information content (AvgIpc) is 2.98. The van der Waals surface area contributed by atoms with Crippen LogP contribution in [0.3, 0.4) is 0 Å². The molecule has 2 aromatic carbocycles. The van der Waals surface area contributed by atoms with E-state index in [0.29, 0.717) is 29.6 Å². The molecule has 3 aromatic rings. The SMILES string of the molecule is O=C(NCCc1nc2ccccc2[nH]1)NCc1ccc(Cl)c(Cl)c1. The minimum atomic E-state index is -0.239. The Morgan fingerprint density at radius 2 is 1.92 bits per heavy atom. The second-order valence-corrected chi connectivity index (χ2v) is 6.12. The number of nitrogens with zero attached hydrogens (tertiary/aromatic N) is 1. The number of H-pyrrole nitrogens is 1. The Morgan fingerprint density at radius 3 is 2.71 bits per heavy atom. The molecule has 0 fully saturated rings. The number of fused-ring (bicyclic) bond motifs is 1. The third-order valence-corrected chi connectivity index (χ3v) is 4.26. The van der Waals surface area contributed by atoms with Gasteiger partial charge in [-0.15, -0.1) is 0 Å². The van der Waals surface area contributed by atoms with Crippen LogP contribution in [0, 0.1) is 0 Å². The van der Waals surface area contributed by atoms with E-state index in [0.717, 1.165) is 22.4 Å². The van der Waals surface area contributed by atoms with Crippen LogP contribution in [0.5, 0.6) is 0 Å². The van der Waals surface area contributed by atoms with Gasteiger partial charge in [0, 0.05) is 19.5 Å². The first kappa shape index (κ1) is 16.6. The molecule has 0 saturated carbocycles. The van der Waals surface area contributed by atoms with E-state index in [2.05, 4.69) is 20.6 Å². The molecule has 3 rings (SSSR count). The van der Waals surface area contributed by atoms with E-state index in [4.69, 9.17) is 23.2 Å². The van der Waals surface area contributed by atoms with Gasteiger partial charge < -0.3 is 15.6 Å². The average molecular weight is 363 g/mol. The molecule has 0 aliphatic heterocycles. The molecule has 0 radical (unpaired) electrons. The molecule has 0 spiro atoms. The van der Waals surface area contributed by atoms with Gasteiger partial charge in [-0.1, -0.05) is 41.4 Å². The van der Waals surface area contributed by atoms with Gasteiger partial charge in [-0.3, -0.25) is 0 Å². The Kier molecular flexibility index (Phi) is 5.23. The van der Waals surface area contributed by atoms with Crippen LogP contribution in [0.15, 0.2) is 42.5 Å². The van der Waals surface area contributed by atoms with Gasteiger partial charge in [0.2, 0.25) is 0 Å². The van der Waals surface area contributed by atoms with Crippen molar-refractivity contribution >= 4 is 40.3 Å². The normalized spacial score (nSPS) is 10.8. The molecule has 1 aromatic heterocycles. The van der Waals surface area contributed by atoms with E-state index >= 15 is 0 Å². The number of hydrogen-bond acceptors (Lipinski definition) is 2. The third kappa shape index (κ3) is 4.19. The Hall–Kier alpha value is -2.24. The largest absolute Gasteiger partial charge is 0.342 e. The fraction of sp³-hybridized carbons (Fsp3) is 0.176. The predicted molar refractivity (Wildman–Crippen MR) is 96.5 cm³/mol. The van der Waals surface area contributed by atoms with E-state index in [1.807, 2.05) is 30.3 Å². The smallest absolute Gasteiger partial charge is 0.315 e. The summed E-state index contributed by atoms with van der Waals surface area (Å²) in [6, 6.07) is 12.9. The standard InChI is InChI=1S/C17H16Cl2N4O/c18-12-6-5-11(9-13(12)19)10-21-17(24)20-8-7-16-22-14-3-1-2-4-15(14)23-16/h1-6,9H,7-8,10H2,(H,22,23)(H2,20,21,24). The van der Waals surface area contributed by atoms with Crippen LogP contribution in [0.2, 0.25) is 10.0 Å². The number of rotatable bonds is 5. The lowest BCUT2D eigenvalue weighted by Gasteiger charge is -2.07. The molecule has 0 aliphatic carbocycles. The van der Waals surface area contributed by atoms with Crippen LogP contribution in [-0.4, -0.2) is 22.5 Å². The minimum Gasteiger partial charge on any atom is -0.342 e. The number of urea groups is 1. The molecule has 0 aliphatic rings. The molecule has 5 nitrogen and oxygen atoms in total. The molecule has 7 heteroatoms. The van der Waals surface area contributed by atoms with Gasteiger partial charge in [-0.25, -0.2) is 9.78 Å². The van der Waals surface area contributed by atoms with Crippen LogP contribution in [0.4, 0.5) is 4.79 Å². The first-order valence-electron chi connectivity index (χ1n) is 7.51. The molecule has 0 atom stereocenters. The van der Waals surface area contributed by atoms with Gasteiger partial charge in [0.1, 0.15) is 5.82 Å². The van der Waals surface area contributed by atoms with Crippen LogP contribution >= 0.6 is 23.2 Å². The van der Waals surface area contributed by atoms with E-state index in [-0.39, 0.29) is 6.03 Å². The quantitative estimate of drug-likeness (QED) is 0.643. The van der Waals surface area contributed by atoms with Crippen LogP contribution in [0.1, 0.15) is 11.4 Å². The fourth-order valence-corrected chi connectivity index (χ4v) is 2.63. The van der Waals surface area contributed by atoms with Crippen molar-refractivity contribution in [3.05, 3.63) is 63.9 Å². The Balaban J connectivity index is 1.44. The van der Waals surface area contributed by atoms with Gasteiger partial charge in [0.25, 0.3) is 0 Å². The Labute approximate surface area is 149 Å². The zero-order valence-corrected chi connectivity index (χ0v) is 14.3. The maximum absolute atomic E-state index is 11.8. The van der Waals surface area contributed by atoms with Crippen molar-refractivity contribution in [2.45, 2.75) is 13.0 Å². The molecule has 124 valence electrons. The van der Waals surface area contributed by atoms with Crippen molar-refractivity contribution in [3.8, 4) is 0 Å². The zero-order chi connectivity index (χ0) is 16.9. The topological polar surface area (TPSA) is 69.8 Å². The van der Waals surface area contributed by atoms with Crippen molar-refractivity contribution < 1.29 is 4.79 Å². The minimum absolute atomic E-state index is 0.239. The summed E-state index contributed by atoms with van der Waals surface area (Å²) in [6.45, 7) is 0.875. The summed E-state index contributed by atoms with van der Waals surface area (Å²) >= 11 is 11.8. The third-order valence-electron chi connectivity index (χ3n) is 3.52. The molecule has 0 bridgehead atoms. The monoisotopic (exact) mass is 362 g/mol. The van der Waals surface area contributed by atoms with Crippen molar-refractivity contribution in [1.82, 2.24) is 20.6 Å². The summed E-state index contributed by atoms with van der Waals surface area (Å²) in [5.74, 6) is 0.848. The summed E-state index contributed by atoms with van der Waals surface area (Å²) < 4.78 is 0. The van der Waals surface area contributed by atoms with E-state index < -0.39 is 0 Å². The van der Waals surface area contributed by atoms with E-state index in [9.17, 15) is 4.79 Å². The number of hydrogen-bond donors (Lipinski definition) is 3. The number of benzene rings is 2. The second-order valence-electron chi connectivity index (χ2n) is 5.31. The number of halogens is 2. The molecule has 2 amide bonds. The van der Waals surface area contributed by atoms with Gasteiger partial charge in [-0.05, 0) is 29.8 Å². The Bertz CT molecular complexity index is 830. The summed E-state index contributed by atoms with van der Waals surface area (Å²) in [5, 5.41) is 6.55. The molecule has 0 unspecified atom stereocenters. The number of carbonyl (C=O) groups is 1. The lowest BCUT2D eigenvalue weighted by molar-refractivity contribution is 0.240. The van der Waals surface area contributed by atoms with Crippen LogP contribution in [-0.2, 0) is 13.0 Å². The highest BCUT2D eigenvalue weighted by atomic mass is 35.5. The second kappa shape index (κ2) is 7.55. The van der Waals surface area contributed by atoms with Gasteiger partial charge in [0.15, 0.2) is 0 Å². The highest BCUT2D eigenvalue weighted by Gasteiger charge is 2.05. The molecule has 24 heavy (non-hydrogen) atoms. The maximum atomic E-state index is 11.8. The lowest BCUT2D eigenvalue weighted by atomic mass is 10.2.